The number of hydrogen-bond donors (Lipinski definition) is 1. The second-order valence-electron chi connectivity index (χ2n) is 4.75. The van der Waals surface area contributed by atoms with E-state index in [1.807, 2.05) is 24.3 Å². The molecule has 0 radical (unpaired) electrons. The SMILES string of the molecule is Clc1cc(Cl)cc(-c2cccc(C3CCCN3)n2)c1. The van der Waals surface area contributed by atoms with Crippen molar-refractivity contribution in [2.45, 2.75) is 18.9 Å². The van der Waals surface area contributed by atoms with Crippen LogP contribution in [-0.2, 0) is 0 Å². The van der Waals surface area contributed by atoms with Gasteiger partial charge in [0.05, 0.1) is 11.4 Å². The first-order chi connectivity index (χ1) is 9.22. The summed E-state index contributed by atoms with van der Waals surface area (Å²) in [7, 11) is 0. The molecule has 1 fully saturated rings. The zero-order valence-electron chi connectivity index (χ0n) is 10.4. The van der Waals surface area contributed by atoms with E-state index in [1.165, 1.54) is 6.42 Å². The van der Waals surface area contributed by atoms with Gasteiger partial charge in [0.1, 0.15) is 0 Å². The van der Waals surface area contributed by atoms with Crippen molar-refractivity contribution in [3.8, 4) is 11.3 Å². The number of halogens is 2. The summed E-state index contributed by atoms with van der Waals surface area (Å²) in [6, 6.07) is 12.0. The van der Waals surface area contributed by atoms with Gasteiger partial charge < -0.3 is 5.32 Å². The zero-order valence-corrected chi connectivity index (χ0v) is 11.9. The smallest absolute Gasteiger partial charge is 0.0707 e. The summed E-state index contributed by atoms with van der Waals surface area (Å²) in [6.45, 7) is 1.07. The number of nitrogens with one attached hydrogen (secondary N) is 1. The lowest BCUT2D eigenvalue weighted by molar-refractivity contribution is 0.628. The minimum absolute atomic E-state index is 0.370. The van der Waals surface area contributed by atoms with Crippen molar-refractivity contribution in [2.24, 2.45) is 0 Å². The van der Waals surface area contributed by atoms with Crippen LogP contribution < -0.4 is 5.32 Å². The second kappa shape index (κ2) is 5.49. The maximum atomic E-state index is 6.04. The lowest BCUT2D eigenvalue weighted by atomic mass is 10.1. The molecule has 1 aromatic carbocycles. The third-order valence-electron chi connectivity index (χ3n) is 3.35. The van der Waals surface area contributed by atoms with Gasteiger partial charge in [-0.05, 0) is 49.7 Å². The number of hydrogen-bond acceptors (Lipinski definition) is 2. The van der Waals surface area contributed by atoms with E-state index >= 15 is 0 Å². The van der Waals surface area contributed by atoms with E-state index in [0.717, 1.165) is 29.9 Å². The van der Waals surface area contributed by atoms with Crippen LogP contribution in [0.5, 0.6) is 0 Å². The van der Waals surface area contributed by atoms with Crippen LogP contribution in [0.2, 0.25) is 10.0 Å². The van der Waals surface area contributed by atoms with E-state index in [4.69, 9.17) is 28.2 Å². The van der Waals surface area contributed by atoms with Gasteiger partial charge in [0, 0.05) is 21.7 Å². The highest BCUT2D eigenvalue weighted by Gasteiger charge is 2.17. The van der Waals surface area contributed by atoms with Crippen LogP contribution >= 0.6 is 23.2 Å². The molecule has 1 aromatic heterocycles. The molecular formula is C15H14Cl2N2. The highest BCUT2D eigenvalue weighted by Crippen LogP contribution is 2.28. The molecule has 1 aliphatic heterocycles. The van der Waals surface area contributed by atoms with E-state index < -0.39 is 0 Å². The van der Waals surface area contributed by atoms with Crippen LogP contribution in [0.4, 0.5) is 0 Å². The van der Waals surface area contributed by atoms with Crippen LogP contribution in [0.25, 0.3) is 11.3 Å². The van der Waals surface area contributed by atoms with Crippen molar-refractivity contribution in [3.05, 3.63) is 52.1 Å². The van der Waals surface area contributed by atoms with Gasteiger partial charge in [-0.1, -0.05) is 29.3 Å². The summed E-state index contributed by atoms with van der Waals surface area (Å²) < 4.78 is 0. The van der Waals surface area contributed by atoms with Crippen LogP contribution in [0.15, 0.2) is 36.4 Å². The molecule has 2 heterocycles. The summed E-state index contributed by atoms with van der Waals surface area (Å²) in [5, 5.41) is 4.73. The van der Waals surface area contributed by atoms with E-state index in [9.17, 15) is 0 Å². The average Bonchev–Trinajstić information content (AvgIpc) is 2.92. The maximum absolute atomic E-state index is 6.04. The van der Waals surface area contributed by atoms with Crippen molar-refractivity contribution in [1.82, 2.24) is 10.3 Å². The molecule has 1 atom stereocenters. The van der Waals surface area contributed by atoms with Crippen LogP contribution in [-0.4, -0.2) is 11.5 Å². The number of benzene rings is 1. The third-order valence-corrected chi connectivity index (χ3v) is 3.78. The van der Waals surface area contributed by atoms with Crippen molar-refractivity contribution >= 4 is 23.2 Å². The Balaban J connectivity index is 1.98. The number of rotatable bonds is 2. The lowest BCUT2D eigenvalue weighted by Crippen LogP contribution is -2.14. The van der Waals surface area contributed by atoms with Crippen molar-refractivity contribution in [2.75, 3.05) is 6.54 Å². The Hall–Kier alpha value is -1.09. The molecule has 0 saturated carbocycles. The maximum Gasteiger partial charge on any atom is 0.0707 e. The predicted molar refractivity (Wildman–Crippen MR) is 79.7 cm³/mol. The quantitative estimate of drug-likeness (QED) is 0.883. The van der Waals surface area contributed by atoms with Crippen LogP contribution in [0.1, 0.15) is 24.6 Å². The van der Waals surface area contributed by atoms with Crippen molar-refractivity contribution in [1.29, 1.82) is 0 Å². The van der Waals surface area contributed by atoms with Gasteiger partial charge in [0.15, 0.2) is 0 Å². The van der Waals surface area contributed by atoms with E-state index in [0.29, 0.717) is 16.1 Å². The van der Waals surface area contributed by atoms with Crippen molar-refractivity contribution in [3.63, 3.8) is 0 Å². The van der Waals surface area contributed by atoms with Gasteiger partial charge >= 0.3 is 0 Å². The molecule has 98 valence electrons. The largest absolute Gasteiger partial charge is 0.309 e. The molecule has 19 heavy (non-hydrogen) atoms. The fraction of sp³-hybridized carbons (Fsp3) is 0.267. The van der Waals surface area contributed by atoms with Gasteiger partial charge in [0.2, 0.25) is 0 Å². The first kappa shape index (κ1) is 12.9. The van der Waals surface area contributed by atoms with Gasteiger partial charge in [-0.15, -0.1) is 0 Å². The Morgan fingerprint density at radius 2 is 1.89 bits per heavy atom. The zero-order chi connectivity index (χ0) is 13.2. The lowest BCUT2D eigenvalue weighted by Gasteiger charge is -2.11. The van der Waals surface area contributed by atoms with Gasteiger partial charge in [-0.2, -0.15) is 0 Å². The first-order valence-corrected chi connectivity index (χ1v) is 7.15. The molecule has 0 amide bonds. The van der Waals surface area contributed by atoms with Gasteiger partial charge in [-0.25, -0.2) is 0 Å². The normalized spacial score (nSPS) is 18.7. The fourth-order valence-electron chi connectivity index (χ4n) is 2.45. The average molecular weight is 293 g/mol. The summed E-state index contributed by atoms with van der Waals surface area (Å²) >= 11 is 12.1. The third kappa shape index (κ3) is 2.92. The van der Waals surface area contributed by atoms with Crippen LogP contribution in [0, 0.1) is 0 Å². The second-order valence-corrected chi connectivity index (χ2v) is 5.63. The minimum Gasteiger partial charge on any atom is -0.309 e. The molecule has 0 aliphatic carbocycles. The highest BCUT2D eigenvalue weighted by atomic mass is 35.5. The molecule has 1 N–H and O–H groups in total. The molecule has 1 aliphatic rings. The molecule has 2 aromatic rings. The van der Waals surface area contributed by atoms with Crippen molar-refractivity contribution < 1.29 is 0 Å². The first-order valence-electron chi connectivity index (χ1n) is 6.39. The molecule has 3 rings (SSSR count). The molecular weight excluding hydrogens is 279 g/mol. The summed E-state index contributed by atoms with van der Waals surface area (Å²) in [5.41, 5.74) is 2.96. The van der Waals surface area contributed by atoms with Gasteiger partial charge in [-0.3, -0.25) is 4.98 Å². The molecule has 0 spiro atoms. The van der Waals surface area contributed by atoms with Crippen LogP contribution in [0.3, 0.4) is 0 Å². The molecule has 1 saturated heterocycles. The Kier molecular flexibility index (Phi) is 3.74. The summed E-state index contributed by atoms with van der Waals surface area (Å²) in [5.74, 6) is 0. The predicted octanol–water partition coefficient (Wildman–Crippen LogP) is 4.48. The van der Waals surface area contributed by atoms with E-state index in [2.05, 4.69) is 11.4 Å². The monoisotopic (exact) mass is 292 g/mol. The molecule has 2 nitrogen and oxygen atoms in total. The number of pyridine rings is 1. The Morgan fingerprint density at radius 3 is 2.58 bits per heavy atom. The van der Waals surface area contributed by atoms with Gasteiger partial charge in [0.25, 0.3) is 0 Å². The van der Waals surface area contributed by atoms with E-state index in [1.54, 1.807) is 6.07 Å². The van der Waals surface area contributed by atoms with E-state index in [-0.39, 0.29) is 0 Å². The molecule has 0 bridgehead atoms. The summed E-state index contributed by atoms with van der Waals surface area (Å²) in [6.07, 6.45) is 2.35. The summed E-state index contributed by atoms with van der Waals surface area (Å²) in [4.78, 5) is 4.73. The Labute approximate surface area is 122 Å². The minimum atomic E-state index is 0.370. The topological polar surface area (TPSA) is 24.9 Å². The number of nitrogens with zero attached hydrogens (tertiary/aromatic N) is 1. The highest BCUT2D eigenvalue weighted by molar-refractivity contribution is 6.35. The Morgan fingerprint density at radius 1 is 1.11 bits per heavy atom. The molecule has 4 heteroatoms. The molecule has 1 unspecified atom stereocenters. The Bertz CT molecular complexity index is 572. The number of aromatic nitrogens is 1. The fourth-order valence-corrected chi connectivity index (χ4v) is 2.97. The standard InChI is InChI=1S/C15H14Cl2N2/c16-11-7-10(8-12(17)9-11)13-3-1-4-15(19-13)14-5-2-6-18-14/h1,3-4,7-9,14,18H,2,5-6H2.